The van der Waals surface area contributed by atoms with Gasteiger partial charge in [-0.25, -0.2) is 14.2 Å². The van der Waals surface area contributed by atoms with Gasteiger partial charge in [-0.05, 0) is 35.9 Å². The topological polar surface area (TPSA) is 50.2 Å². The summed E-state index contributed by atoms with van der Waals surface area (Å²) in [5.41, 5.74) is 0.717. The van der Waals surface area contributed by atoms with Gasteiger partial charge < -0.3 is 5.11 Å². The van der Waals surface area contributed by atoms with Crippen LogP contribution in [0.4, 0.5) is 4.39 Å². The van der Waals surface area contributed by atoms with Gasteiger partial charge >= 0.3 is 5.97 Å². The number of thioether (sulfide) groups is 1. The Morgan fingerprint density at radius 1 is 1.37 bits per heavy atom. The number of nitrogens with zero attached hydrogens (tertiary/aromatic N) is 1. The molecule has 2 aromatic rings. The van der Waals surface area contributed by atoms with Crippen LogP contribution in [0.5, 0.6) is 0 Å². The van der Waals surface area contributed by atoms with E-state index in [2.05, 4.69) is 20.9 Å². The van der Waals surface area contributed by atoms with Crippen LogP contribution in [-0.2, 0) is 5.75 Å². The molecular weight excluding hydrogens is 333 g/mol. The Labute approximate surface area is 122 Å². The Kier molecular flexibility index (Phi) is 4.55. The molecule has 1 aromatic carbocycles. The van der Waals surface area contributed by atoms with Gasteiger partial charge in [0.15, 0.2) is 0 Å². The van der Waals surface area contributed by atoms with E-state index in [1.807, 2.05) is 0 Å². The first-order valence-corrected chi connectivity index (χ1v) is 7.10. The van der Waals surface area contributed by atoms with Gasteiger partial charge in [-0.3, -0.25) is 0 Å². The van der Waals surface area contributed by atoms with E-state index in [1.54, 1.807) is 12.1 Å². The van der Waals surface area contributed by atoms with Crippen molar-refractivity contribution in [2.24, 2.45) is 0 Å². The third kappa shape index (κ3) is 3.78. The summed E-state index contributed by atoms with van der Waals surface area (Å²) >= 11 is 4.58. The lowest BCUT2D eigenvalue weighted by molar-refractivity contribution is 0.0696. The molecule has 3 nitrogen and oxygen atoms in total. The summed E-state index contributed by atoms with van der Waals surface area (Å²) < 4.78 is 14.3. The molecule has 1 N–H and O–H groups in total. The summed E-state index contributed by atoms with van der Waals surface area (Å²) in [6, 6.07) is 7.62. The van der Waals surface area contributed by atoms with Gasteiger partial charge in [-0.1, -0.05) is 15.9 Å². The standard InChI is InChI=1S/C13H9BrFNO2S/c14-10-1-2-11(15)9(5-10)7-19-12-6-8(13(17)18)3-4-16-12/h1-6H,7H2,(H,17,18). The maximum Gasteiger partial charge on any atom is 0.335 e. The molecule has 2 rings (SSSR count). The summed E-state index contributed by atoms with van der Waals surface area (Å²) in [7, 11) is 0. The van der Waals surface area contributed by atoms with Gasteiger partial charge in [0.25, 0.3) is 0 Å². The number of rotatable bonds is 4. The number of aromatic nitrogens is 1. The molecule has 19 heavy (non-hydrogen) atoms. The number of halogens is 2. The SMILES string of the molecule is O=C(O)c1ccnc(SCc2cc(Br)ccc2F)c1. The highest BCUT2D eigenvalue weighted by molar-refractivity contribution is 9.10. The number of aromatic carboxylic acids is 1. The van der Waals surface area contributed by atoms with Crippen molar-refractivity contribution in [3.8, 4) is 0 Å². The first kappa shape index (κ1) is 14.0. The summed E-state index contributed by atoms with van der Waals surface area (Å²) in [5.74, 6) is -0.899. The van der Waals surface area contributed by atoms with Gasteiger partial charge in [0.05, 0.1) is 10.6 Å². The van der Waals surface area contributed by atoms with Crippen LogP contribution in [0.25, 0.3) is 0 Å². The van der Waals surface area contributed by atoms with Crippen molar-refractivity contribution in [2.45, 2.75) is 10.8 Å². The molecule has 0 aliphatic heterocycles. The van der Waals surface area contributed by atoms with Crippen molar-refractivity contribution < 1.29 is 14.3 Å². The van der Waals surface area contributed by atoms with E-state index in [1.165, 1.54) is 36.2 Å². The average Bonchev–Trinajstić information content (AvgIpc) is 2.40. The molecule has 0 aliphatic carbocycles. The highest BCUT2D eigenvalue weighted by Crippen LogP contribution is 2.25. The highest BCUT2D eigenvalue weighted by atomic mass is 79.9. The van der Waals surface area contributed by atoms with Gasteiger partial charge in [0, 0.05) is 16.4 Å². The minimum absolute atomic E-state index is 0.173. The summed E-state index contributed by atoms with van der Waals surface area (Å²) in [6.07, 6.45) is 1.43. The fourth-order valence-electron chi connectivity index (χ4n) is 1.43. The Morgan fingerprint density at radius 3 is 2.89 bits per heavy atom. The predicted octanol–water partition coefficient (Wildman–Crippen LogP) is 3.97. The van der Waals surface area contributed by atoms with Crippen molar-refractivity contribution in [3.63, 3.8) is 0 Å². The Balaban J connectivity index is 2.12. The second kappa shape index (κ2) is 6.16. The number of benzene rings is 1. The Morgan fingerprint density at radius 2 is 2.16 bits per heavy atom. The lowest BCUT2D eigenvalue weighted by Gasteiger charge is -2.04. The molecule has 1 aromatic heterocycles. The zero-order valence-electron chi connectivity index (χ0n) is 9.64. The molecule has 1 heterocycles. The minimum Gasteiger partial charge on any atom is -0.478 e. The maximum atomic E-state index is 13.5. The fourth-order valence-corrected chi connectivity index (χ4v) is 2.71. The first-order chi connectivity index (χ1) is 9.06. The van der Waals surface area contributed by atoms with Gasteiger partial charge in [-0.2, -0.15) is 0 Å². The van der Waals surface area contributed by atoms with Gasteiger partial charge in [0.1, 0.15) is 5.82 Å². The molecule has 0 amide bonds. The van der Waals surface area contributed by atoms with Crippen molar-refractivity contribution in [1.29, 1.82) is 0 Å². The van der Waals surface area contributed by atoms with E-state index in [-0.39, 0.29) is 11.4 Å². The van der Waals surface area contributed by atoms with Crippen LogP contribution >= 0.6 is 27.7 Å². The van der Waals surface area contributed by atoms with Crippen molar-refractivity contribution in [1.82, 2.24) is 4.98 Å². The third-order valence-electron chi connectivity index (χ3n) is 2.37. The van der Waals surface area contributed by atoms with Crippen molar-refractivity contribution >= 4 is 33.7 Å². The summed E-state index contributed by atoms with van der Waals surface area (Å²) in [4.78, 5) is 14.9. The molecule has 0 fully saturated rings. The average molecular weight is 342 g/mol. The fraction of sp³-hybridized carbons (Fsp3) is 0.0769. The summed E-state index contributed by atoms with van der Waals surface area (Å²) in [5, 5.41) is 9.43. The number of hydrogen-bond donors (Lipinski definition) is 1. The monoisotopic (exact) mass is 341 g/mol. The molecule has 0 radical (unpaired) electrons. The van der Waals surface area contributed by atoms with Gasteiger partial charge in [0.2, 0.25) is 0 Å². The van der Waals surface area contributed by atoms with Crippen LogP contribution < -0.4 is 0 Å². The molecule has 0 bridgehead atoms. The van der Waals surface area contributed by atoms with E-state index in [9.17, 15) is 9.18 Å². The van der Waals surface area contributed by atoms with Crippen LogP contribution in [0.1, 0.15) is 15.9 Å². The largest absolute Gasteiger partial charge is 0.478 e. The maximum absolute atomic E-state index is 13.5. The Hall–Kier alpha value is -1.40. The van der Waals surface area contributed by atoms with E-state index in [4.69, 9.17) is 5.11 Å². The predicted molar refractivity (Wildman–Crippen MR) is 74.9 cm³/mol. The van der Waals surface area contributed by atoms with E-state index in [0.29, 0.717) is 16.3 Å². The normalized spacial score (nSPS) is 10.4. The smallest absolute Gasteiger partial charge is 0.335 e. The number of carbonyl (C=O) groups is 1. The number of hydrogen-bond acceptors (Lipinski definition) is 3. The molecule has 0 atom stereocenters. The molecular formula is C13H9BrFNO2S. The van der Waals surface area contributed by atoms with Crippen molar-refractivity contribution in [3.05, 3.63) is 57.9 Å². The van der Waals surface area contributed by atoms with Gasteiger partial charge in [-0.15, -0.1) is 11.8 Å². The Bertz CT molecular complexity index is 621. The number of pyridine rings is 1. The molecule has 6 heteroatoms. The lowest BCUT2D eigenvalue weighted by Crippen LogP contribution is -1.97. The number of carboxylic acids is 1. The van der Waals surface area contributed by atoms with Crippen LogP contribution in [0.3, 0.4) is 0 Å². The summed E-state index contributed by atoms with van der Waals surface area (Å²) in [6.45, 7) is 0. The highest BCUT2D eigenvalue weighted by Gasteiger charge is 2.07. The molecule has 0 unspecified atom stereocenters. The molecule has 0 spiro atoms. The van der Waals surface area contributed by atoms with Crippen LogP contribution in [-0.4, -0.2) is 16.1 Å². The van der Waals surface area contributed by atoms with Crippen LogP contribution in [0, 0.1) is 5.82 Å². The van der Waals surface area contributed by atoms with Crippen LogP contribution in [0.15, 0.2) is 46.0 Å². The zero-order chi connectivity index (χ0) is 13.8. The molecule has 98 valence electrons. The lowest BCUT2D eigenvalue weighted by atomic mass is 10.2. The minimum atomic E-state index is -1.00. The molecule has 0 saturated carbocycles. The van der Waals surface area contributed by atoms with E-state index < -0.39 is 5.97 Å². The molecule has 0 saturated heterocycles. The van der Waals surface area contributed by atoms with E-state index >= 15 is 0 Å². The third-order valence-corrected chi connectivity index (χ3v) is 3.83. The number of carboxylic acid groups (broad SMARTS) is 1. The first-order valence-electron chi connectivity index (χ1n) is 5.32. The van der Waals surface area contributed by atoms with Crippen molar-refractivity contribution in [2.75, 3.05) is 0 Å². The second-order valence-corrected chi connectivity index (χ2v) is 5.62. The molecule has 0 aliphatic rings. The zero-order valence-corrected chi connectivity index (χ0v) is 12.0. The van der Waals surface area contributed by atoms with Crippen LogP contribution in [0.2, 0.25) is 0 Å². The van der Waals surface area contributed by atoms with E-state index in [0.717, 1.165) is 4.47 Å². The quantitative estimate of drug-likeness (QED) is 0.854. The second-order valence-electron chi connectivity index (χ2n) is 3.71.